The number of hydrogen-bond donors (Lipinski definition) is 2. The molecule has 0 amide bonds. The van der Waals surface area contributed by atoms with Crippen LogP contribution in [0, 0.1) is 23.7 Å². The van der Waals surface area contributed by atoms with Gasteiger partial charge in [-0.15, -0.1) is 0 Å². The number of fused-ring (bicyclic) bond motifs is 2. The number of aliphatic hydroxyl groups is 1. The molecule has 0 aliphatic heterocycles. The minimum atomic E-state index is 0.0913. The molecule has 3 heteroatoms. The third-order valence-corrected chi connectivity index (χ3v) is 5.40. The fourth-order valence-corrected chi connectivity index (χ4v) is 4.41. The standard InChI is InChI=1S/C16H32N2O/c1-11(2)6-15(17)16(10-19)18(3)9-14-8-12-4-5-13(14)7-12/h11-16,19H,4-10,17H2,1-3H3. The molecule has 112 valence electrons. The van der Waals surface area contributed by atoms with E-state index in [1.165, 1.54) is 25.7 Å². The minimum Gasteiger partial charge on any atom is -0.395 e. The fourth-order valence-electron chi connectivity index (χ4n) is 4.41. The number of hydrogen-bond acceptors (Lipinski definition) is 3. The largest absolute Gasteiger partial charge is 0.395 e. The summed E-state index contributed by atoms with van der Waals surface area (Å²) in [6.45, 7) is 5.71. The molecule has 5 atom stereocenters. The molecular weight excluding hydrogens is 236 g/mol. The molecule has 0 spiro atoms. The van der Waals surface area contributed by atoms with Crippen LogP contribution in [0.5, 0.6) is 0 Å². The second-order valence-electron chi connectivity index (χ2n) is 7.42. The van der Waals surface area contributed by atoms with Crippen LogP contribution in [0.15, 0.2) is 0 Å². The highest BCUT2D eigenvalue weighted by atomic mass is 16.3. The molecule has 19 heavy (non-hydrogen) atoms. The van der Waals surface area contributed by atoms with Crippen molar-refractivity contribution < 1.29 is 5.11 Å². The summed E-state index contributed by atoms with van der Waals surface area (Å²) in [5.74, 6) is 3.40. The van der Waals surface area contributed by atoms with Crippen LogP contribution in [-0.4, -0.2) is 42.3 Å². The maximum Gasteiger partial charge on any atom is 0.0601 e. The summed E-state index contributed by atoms with van der Waals surface area (Å²) in [5.41, 5.74) is 6.28. The molecule has 0 radical (unpaired) electrons. The van der Waals surface area contributed by atoms with Gasteiger partial charge in [0.05, 0.1) is 6.61 Å². The van der Waals surface area contributed by atoms with E-state index in [1.807, 2.05) is 0 Å². The zero-order valence-corrected chi connectivity index (χ0v) is 12.9. The van der Waals surface area contributed by atoms with Gasteiger partial charge in [-0.2, -0.15) is 0 Å². The Morgan fingerprint density at radius 2 is 2.00 bits per heavy atom. The van der Waals surface area contributed by atoms with E-state index in [0.29, 0.717) is 5.92 Å². The van der Waals surface area contributed by atoms with E-state index in [2.05, 4.69) is 25.8 Å². The van der Waals surface area contributed by atoms with Crippen molar-refractivity contribution in [1.82, 2.24) is 4.90 Å². The lowest BCUT2D eigenvalue weighted by atomic mass is 9.87. The molecule has 2 aliphatic rings. The highest BCUT2D eigenvalue weighted by Gasteiger charge is 2.40. The first-order valence-electron chi connectivity index (χ1n) is 8.08. The van der Waals surface area contributed by atoms with Gasteiger partial charge in [0, 0.05) is 18.6 Å². The van der Waals surface area contributed by atoms with Crippen molar-refractivity contribution in [2.24, 2.45) is 29.4 Å². The lowest BCUT2D eigenvalue weighted by Gasteiger charge is -2.35. The SMILES string of the molecule is CC(C)CC(N)C(CO)N(C)CC1CC2CCC1C2. The number of nitrogens with zero attached hydrogens (tertiary/aromatic N) is 1. The third-order valence-electron chi connectivity index (χ3n) is 5.40. The molecule has 2 rings (SSSR count). The molecule has 2 saturated carbocycles. The molecule has 2 aliphatic carbocycles. The molecule has 2 fully saturated rings. The van der Waals surface area contributed by atoms with E-state index < -0.39 is 0 Å². The summed E-state index contributed by atoms with van der Waals surface area (Å²) in [6, 6.07) is 0.218. The van der Waals surface area contributed by atoms with Crippen molar-refractivity contribution in [3.05, 3.63) is 0 Å². The van der Waals surface area contributed by atoms with Crippen molar-refractivity contribution in [3.63, 3.8) is 0 Å². The Morgan fingerprint density at radius 3 is 2.47 bits per heavy atom. The van der Waals surface area contributed by atoms with Gasteiger partial charge < -0.3 is 10.8 Å². The van der Waals surface area contributed by atoms with Crippen LogP contribution < -0.4 is 5.73 Å². The molecule has 2 bridgehead atoms. The molecule has 3 N–H and O–H groups in total. The molecule has 0 heterocycles. The Kier molecular flexibility index (Phi) is 5.27. The predicted molar refractivity (Wildman–Crippen MR) is 79.9 cm³/mol. The molecule has 0 aromatic rings. The lowest BCUT2D eigenvalue weighted by molar-refractivity contribution is 0.0954. The molecular formula is C16H32N2O. The third kappa shape index (κ3) is 3.71. The van der Waals surface area contributed by atoms with Gasteiger partial charge in [-0.05, 0) is 56.4 Å². The zero-order chi connectivity index (χ0) is 14.0. The summed E-state index contributed by atoms with van der Waals surface area (Å²) >= 11 is 0. The van der Waals surface area contributed by atoms with Crippen molar-refractivity contribution >= 4 is 0 Å². The molecule has 5 unspecified atom stereocenters. The predicted octanol–water partition coefficient (Wildman–Crippen LogP) is 2.09. The van der Waals surface area contributed by atoms with Crippen LogP contribution in [0.2, 0.25) is 0 Å². The average Bonchev–Trinajstić information content (AvgIpc) is 2.90. The van der Waals surface area contributed by atoms with E-state index in [4.69, 9.17) is 5.73 Å². The van der Waals surface area contributed by atoms with Crippen LogP contribution in [0.25, 0.3) is 0 Å². The van der Waals surface area contributed by atoms with E-state index >= 15 is 0 Å². The van der Waals surface area contributed by atoms with Gasteiger partial charge >= 0.3 is 0 Å². The summed E-state index contributed by atoms with van der Waals surface area (Å²) in [7, 11) is 2.15. The first-order valence-corrected chi connectivity index (χ1v) is 8.08. The maximum absolute atomic E-state index is 9.66. The normalized spacial score (nSPS) is 33.3. The Bertz CT molecular complexity index is 282. The Morgan fingerprint density at radius 1 is 1.26 bits per heavy atom. The van der Waals surface area contributed by atoms with Gasteiger partial charge in [0.1, 0.15) is 0 Å². The summed E-state index contributed by atoms with van der Waals surface area (Å²) < 4.78 is 0. The van der Waals surface area contributed by atoms with Crippen molar-refractivity contribution in [2.75, 3.05) is 20.2 Å². The number of aliphatic hydroxyl groups excluding tert-OH is 1. The van der Waals surface area contributed by atoms with Gasteiger partial charge in [0.25, 0.3) is 0 Å². The smallest absolute Gasteiger partial charge is 0.0601 e. The first kappa shape index (κ1) is 15.3. The number of nitrogens with two attached hydrogens (primary N) is 1. The Balaban J connectivity index is 1.84. The van der Waals surface area contributed by atoms with E-state index in [0.717, 1.165) is 30.7 Å². The highest BCUT2D eigenvalue weighted by Crippen LogP contribution is 2.48. The van der Waals surface area contributed by atoms with Gasteiger partial charge in [-0.25, -0.2) is 0 Å². The summed E-state index contributed by atoms with van der Waals surface area (Å²) in [5, 5.41) is 9.66. The van der Waals surface area contributed by atoms with Crippen LogP contribution in [0.3, 0.4) is 0 Å². The van der Waals surface area contributed by atoms with E-state index in [1.54, 1.807) is 0 Å². The van der Waals surface area contributed by atoms with E-state index in [-0.39, 0.29) is 18.7 Å². The van der Waals surface area contributed by atoms with Crippen LogP contribution in [0.4, 0.5) is 0 Å². The fraction of sp³-hybridized carbons (Fsp3) is 1.00. The summed E-state index contributed by atoms with van der Waals surface area (Å²) in [6.07, 6.45) is 6.76. The maximum atomic E-state index is 9.66. The van der Waals surface area contributed by atoms with Crippen LogP contribution >= 0.6 is 0 Å². The van der Waals surface area contributed by atoms with Crippen molar-refractivity contribution in [2.45, 2.75) is 58.0 Å². The zero-order valence-electron chi connectivity index (χ0n) is 12.9. The second-order valence-corrected chi connectivity index (χ2v) is 7.42. The quantitative estimate of drug-likeness (QED) is 0.743. The average molecular weight is 268 g/mol. The molecule has 0 saturated heterocycles. The van der Waals surface area contributed by atoms with Gasteiger partial charge in [0.2, 0.25) is 0 Å². The van der Waals surface area contributed by atoms with Gasteiger partial charge in [0.15, 0.2) is 0 Å². The Hall–Kier alpha value is -0.120. The van der Waals surface area contributed by atoms with Gasteiger partial charge in [-0.3, -0.25) is 4.90 Å². The minimum absolute atomic E-state index is 0.0913. The van der Waals surface area contributed by atoms with Crippen LogP contribution in [0.1, 0.15) is 46.0 Å². The Labute approximate surface area is 118 Å². The van der Waals surface area contributed by atoms with E-state index in [9.17, 15) is 5.11 Å². The topological polar surface area (TPSA) is 49.5 Å². The summed E-state index contributed by atoms with van der Waals surface area (Å²) in [4.78, 5) is 2.33. The van der Waals surface area contributed by atoms with Crippen molar-refractivity contribution in [1.29, 1.82) is 0 Å². The molecule has 0 aromatic carbocycles. The molecule has 0 aromatic heterocycles. The number of rotatable bonds is 7. The first-order chi connectivity index (χ1) is 9.01. The monoisotopic (exact) mass is 268 g/mol. The van der Waals surface area contributed by atoms with Gasteiger partial charge in [-0.1, -0.05) is 20.3 Å². The lowest BCUT2D eigenvalue weighted by Crippen LogP contribution is -2.50. The highest BCUT2D eigenvalue weighted by molar-refractivity contribution is 4.92. The van der Waals surface area contributed by atoms with Crippen molar-refractivity contribution in [3.8, 4) is 0 Å². The number of likely N-dealkylation sites (N-methyl/N-ethyl adjacent to an activating group) is 1. The van der Waals surface area contributed by atoms with Crippen LogP contribution in [-0.2, 0) is 0 Å². The molecule has 3 nitrogen and oxygen atoms in total. The second kappa shape index (κ2) is 6.55.